The molecule has 4 heteroatoms. The minimum absolute atomic E-state index is 0.115. The fourth-order valence-corrected chi connectivity index (χ4v) is 2.50. The maximum atomic E-state index is 12.1. The highest BCUT2D eigenvalue weighted by molar-refractivity contribution is 9.10. The van der Waals surface area contributed by atoms with Gasteiger partial charge in [0, 0.05) is 4.47 Å². The molecule has 0 unspecified atom stereocenters. The number of carbonyl (C=O) groups excluding carboxylic acids is 1. The summed E-state index contributed by atoms with van der Waals surface area (Å²) in [5.41, 5.74) is 3.16. The first kappa shape index (κ1) is 17.5. The number of halogens is 1. The second kappa shape index (κ2) is 7.64. The number of ether oxygens (including phenoxy) is 2. The van der Waals surface area contributed by atoms with E-state index in [2.05, 4.69) is 29.8 Å². The number of hydrogen-bond acceptors (Lipinski definition) is 3. The molecule has 0 heterocycles. The first-order chi connectivity index (χ1) is 10.9. The van der Waals surface area contributed by atoms with Crippen molar-refractivity contribution >= 4 is 21.9 Å². The Morgan fingerprint density at radius 1 is 1.13 bits per heavy atom. The van der Waals surface area contributed by atoms with E-state index in [0.29, 0.717) is 11.5 Å². The van der Waals surface area contributed by atoms with Crippen molar-refractivity contribution in [3.63, 3.8) is 0 Å². The molecule has 0 fully saturated rings. The summed E-state index contributed by atoms with van der Waals surface area (Å²) < 4.78 is 12.0. The Morgan fingerprint density at radius 2 is 1.78 bits per heavy atom. The molecule has 0 spiro atoms. The Labute approximate surface area is 145 Å². The van der Waals surface area contributed by atoms with Gasteiger partial charge in [0.1, 0.15) is 11.5 Å². The monoisotopic (exact) mass is 376 g/mol. The highest BCUT2D eigenvalue weighted by atomic mass is 79.9. The summed E-state index contributed by atoms with van der Waals surface area (Å²) in [7, 11) is 0. The van der Waals surface area contributed by atoms with Crippen molar-refractivity contribution in [1.82, 2.24) is 0 Å². The van der Waals surface area contributed by atoms with E-state index >= 15 is 0 Å². The van der Waals surface area contributed by atoms with Crippen molar-refractivity contribution in [2.24, 2.45) is 0 Å². The van der Waals surface area contributed by atoms with Crippen LogP contribution in [0.1, 0.15) is 36.5 Å². The summed E-state index contributed by atoms with van der Waals surface area (Å²) in [6, 6.07) is 11.4. The number of rotatable bonds is 5. The average Bonchev–Trinajstić information content (AvgIpc) is 2.50. The molecule has 0 aliphatic rings. The van der Waals surface area contributed by atoms with Crippen LogP contribution in [0.3, 0.4) is 0 Å². The Kier molecular flexibility index (Phi) is 5.83. The van der Waals surface area contributed by atoms with Crippen LogP contribution in [-0.4, -0.2) is 12.6 Å². The van der Waals surface area contributed by atoms with Crippen LogP contribution in [0, 0.1) is 13.8 Å². The lowest BCUT2D eigenvalue weighted by atomic mass is 10.0. The molecule has 122 valence electrons. The molecule has 0 saturated carbocycles. The van der Waals surface area contributed by atoms with Gasteiger partial charge in [-0.1, -0.05) is 47.5 Å². The van der Waals surface area contributed by atoms with Crippen LogP contribution in [0.2, 0.25) is 0 Å². The maximum absolute atomic E-state index is 12.1. The van der Waals surface area contributed by atoms with Crippen molar-refractivity contribution in [3.05, 3.63) is 57.6 Å². The number of carbonyl (C=O) groups is 1. The molecular formula is C19H21BrO3. The molecule has 0 N–H and O–H groups in total. The lowest BCUT2D eigenvalue weighted by molar-refractivity contribution is -0.136. The SMILES string of the molecule is Cc1ccc(OCC(=O)Oc2cc(C)c(Br)cc2C(C)C)cc1. The van der Waals surface area contributed by atoms with Gasteiger partial charge in [-0.15, -0.1) is 0 Å². The highest BCUT2D eigenvalue weighted by Crippen LogP contribution is 2.32. The molecule has 0 amide bonds. The van der Waals surface area contributed by atoms with Crippen molar-refractivity contribution in [3.8, 4) is 11.5 Å². The molecule has 0 radical (unpaired) electrons. The van der Waals surface area contributed by atoms with Crippen molar-refractivity contribution < 1.29 is 14.3 Å². The molecule has 0 aromatic heterocycles. The van der Waals surface area contributed by atoms with E-state index in [1.807, 2.05) is 50.2 Å². The number of aryl methyl sites for hydroxylation is 2. The summed E-state index contributed by atoms with van der Waals surface area (Å²) >= 11 is 3.52. The van der Waals surface area contributed by atoms with Gasteiger partial charge in [-0.3, -0.25) is 0 Å². The lowest BCUT2D eigenvalue weighted by Crippen LogP contribution is -2.18. The topological polar surface area (TPSA) is 35.5 Å². The maximum Gasteiger partial charge on any atom is 0.349 e. The standard InChI is InChI=1S/C19H21BrO3/c1-12(2)16-10-17(20)14(4)9-18(16)23-19(21)11-22-15-7-5-13(3)6-8-15/h5-10,12H,11H2,1-4H3. The zero-order chi connectivity index (χ0) is 17.0. The van der Waals surface area contributed by atoms with Gasteiger partial charge in [0.15, 0.2) is 6.61 Å². The van der Waals surface area contributed by atoms with Crippen LogP contribution in [0.25, 0.3) is 0 Å². The normalized spacial score (nSPS) is 10.7. The number of hydrogen-bond donors (Lipinski definition) is 0. The third-order valence-corrected chi connectivity index (χ3v) is 4.37. The molecule has 2 aromatic carbocycles. The van der Waals surface area contributed by atoms with Crippen LogP contribution >= 0.6 is 15.9 Å². The van der Waals surface area contributed by atoms with E-state index in [1.165, 1.54) is 0 Å². The van der Waals surface area contributed by atoms with Gasteiger partial charge in [0.2, 0.25) is 0 Å². The van der Waals surface area contributed by atoms with Crippen LogP contribution in [0.4, 0.5) is 0 Å². The zero-order valence-electron chi connectivity index (χ0n) is 13.9. The second-order valence-corrected chi connectivity index (χ2v) is 6.72. The second-order valence-electron chi connectivity index (χ2n) is 5.87. The summed E-state index contributed by atoms with van der Waals surface area (Å²) in [6.07, 6.45) is 0. The van der Waals surface area contributed by atoms with Gasteiger partial charge < -0.3 is 9.47 Å². The third kappa shape index (κ3) is 4.83. The summed E-state index contributed by atoms with van der Waals surface area (Å²) in [4.78, 5) is 12.1. The fourth-order valence-electron chi connectivity index (χ4n) is 2.14. The fraction of sp³-hybridized carbons (Fsp3) is 0.316. The third-order valence-electron chi connectivity index (χ3n) is 3.51. The molecule has 0 aliphatic heterocycles. The van der Waals surface area contributed by atoms with E-state index in [-0.39, 0.29) is 12.5 Å². The van der Waals surface area contributed by atoms with Crippen LogP contribution in [0.15, 0.2) is 40.9 Å². The van der Waals surface area contributed by atoms with Crippen LogP contribution < -0.4 is 9.47 Å². The molecule has 0 saturated heterocycles. The van der Waals surface area contributed by atoms with Crippen molar-refractivity contribution in [2.45, 2.75) is 33.6 Å². The lowest BCUT2D eigenvalue weighted by Gasteiger charge is -2.15. The molecule has 3 nitrogen and oxygen atoms in total. The van der Waals surface area contributed by atoms with Crippen molar-refractivity contribution in [2.75, 3.05) is 6.61 Å². The Morgan fingerprint density at radius 3 is 2.39 bits per heavy atom. The summed E-state index contributed by atoms with van der Waals surface area (Å²) in [5, 5.41) is 0. The number of benzene rings is 2. The zero-order valence-corrected chi connectivity index (χ0v) is 15.4. The summed E-state index contributed by atoms with van der Waals surface area (Å²) in [6.45, 7) is 7.99. The molecule has 23 heavy (non-hydrogen) atoms. The van der Waals surface area contributed by atoms with E-state index < -0.39 is 5.97 Å². The van der Waals surface area contributed by atoms with Gasteiger partial charge in [-0.05, 0) is 55.2 Å². The van der Waals surface area contributed by atoms with E-state index in [4.69, 9.17) is 9.47 Å². The van der Waals surface area contributed by atoms with Gasteiger partial charge in [0.25, 0.3) is 0 Å². The predicted molar refractivity (Wildman–Crippen MR) is 95.3 cm³/mol. The number of esters is 1. The molecule has 2 rings (SSSR count). The van der Waals surface area contributed by atoms with E-state index in [9.17, 15) is 4.79 Å². The van der Waals surface area contributed by atoms with Crippen LogP contribution in [-0.2, 0) is 4.79 Å². The minimum Gasteiger partial charge on any atom is -0.482 e. The first-order valence-electron chi connectivity index (χ1n) is 7.57. The van der Waals surface area contributed by atoms with Gasteiger partial charge in [-0.2, -0.15) is 0 Å². The molecule has 0 atom stereocenters. The van der Waals surface area contributed by atoms with Gasteiger partial charge in [-0.25, -0.2) is 4.79 Å². The predicted octanol–water partition coefficient (Wildman–Crippen LogP) is 5.17. The molecular weight excluding hydrogens is 356 g/mol. The van der Waals surface area contributed by atoms with Crippen LogP contribution in [0.5, 0.6) is 11.5 Å². The molecule has 0 bridgehead atoms. The quantitative estimate of drug-likeness (QED) is 0.533. The Bertz CT molecular complexity index is 691. The largest absolute Gasteiger partial charge is 0.482 e. The first-order valence-corrected chi connectivity index (χ1v) is 8.36. The smallest absolute Gasteiger partial charge is 0.349 e. The average molecular weight is 377 g/mol. The van der Waals surface area contributed by atoms with Gasteiger partial charge >= 0.3 is 5.97 Å². The molecule has 0 aliphatic carbocycles. The Hall–Kier alpha value is -1.81. The Balaban J connectivity index is 2.05. The highest BCUT2D eigenvalue weighted by Gasteiger charge is 2.14. The van der Waals surface area contributed by atoms with Gasteiger partial charge in [0.05, 0.1) is 0 Å². The summed E-state index contributed by atoms with van der Waals surface area (Å²) in [5.74, 6) is 1.10. The molecule has 2 aromatic rings. The van der Waals surface area contributed by atoms with E-state index in [1.54, 1.807) is 0 Å². The van der Waals surface area contributed by atoms with Crippen molar-refractivity contribution in [1.29, 1.82) is 0 Å². The van der Waals surface area contributed by atoms with E-state index in [0.717, 1.165) is 21.2 Å². The minimum atomic E-state index is -0.408.